The normalized spacial score (nSPS) is 12.7. The zero-order valence-corrected chi connectivity index (χ0v) is 20.8. The zero-order valence-electron chi connectivity index (χ0n) is 20.8. The molecule has 2 aromatic heterocycles. The van der Waals surface area contributed by atoms with Gasteiger partial charge in [-0.1, -0.05) is 0 Å². The summed E-state index contributed by atoms with van der Waals surface area (Å²) in [5, 5.41) is 14.7. The smallest absolute Gasteiger partial charge is 0.272 e. The second-order valence-corrected chi connectivity index (χ2v) is 8.88. The lowest BCUT2D eigenvalue weighted by Crippen LogP contribution is -2.40. The average Bonchev–Trinajstić information content (AvgIpc) is 3.36. The van der Waals surface area contributed by atoms with Crippen LogP contribution in [0.3, 0.4) is 0 Å². The van der Waals surface area contributed by atoms with Crippen LogP contribution in [-0.2, 0) is 0 Å². The molecule has 190 valence electrons. The quantitative estimate of drug-likeness (QED) is 0.338. The monoisotopic (exact) mass is 497 g/mol. The van der Waals surface area contributed by atoms with Crippen molar-refractivity contribution >= 4 is 22.4 Å². The van der Waals surface area contributed by atoms with E-state index in [1.807, 2.05) is 24.7 Å². The van der Waals surface area contributed by atoms with Crippen LogP contribution in [0.2, 0.25) is 0 Å². The number of rotatable bonds is 9. The molecule has 2 aromatic carbocycles. The first-order valence-corrected chi connectivity index (χ1v) is 11.5. The average molecular weight is 498 g/mol. The lowest BCUT2D eigenvalue weighted by molar-refractivity contribution is -0.0878. The second-order valence-electron chi connectivity index (χ2n) is 8.88. The Bertz CT molecular complexity index is 1330. The molecule has 4 aromatic rings. The number of hydrogen-bond acceptors (Lipinski definition) is 7. The van der Waals surface area contributed by atoms with Crippen LogP contribution < -0.4 is 14.4 Å². The van der Waals surface area contributed by atoms with Crippen LogP contribution in [0.25, 0.3) is 22.3 Å². The van der Waals surface area contributed by atoms with Gasteiger partial charge in [0, 0.05) is 54.3 Å². The molecule has 8 nitrogen and oxygen atoms in total. The van der Waals surface area contributed by atoms with E-state index in [4.69, 9.17) is 14.5 Å². The highest BCUT2D eigenvalue weighted by Crippen LogP contribution is 2.35. The van der Waals surface area contributed by atoms with E-state index in [0.29, 0.717) is 46.5 Å². The molecular weight excluding hydrogens is 468 g/mol. The molecule has 0 amide bonds. The van der Waals surface area contributed by atoms with Crippen molar-refractivity contribution in [2.45, 2.75) is 38.8 Å². The molecule has 0 aliphatic rings. The van der Waals surface area contributed by atoms with Gasteiger partial charge in [-0.05, 0) is 32.0 Å². The van der Waals surface area contributed by atoms with Crippen molar-refractivity contribution in [1.29, 1.82) is 0 Å². The topological polar surface area (TPSA) is 85.5 Å². The highest BCUT2D eigenvalue weighted by Gasteiger charge is 2.34. The Kier molecular flexibility index (Phi) is 7.07. The fraction of sp³-hybridized carbons (Fsp3) is 0.346. The zero-order chi connectivity index (χ0) is 26.0. The molecule has 0 radical (unpaired) electrons. The molecule has 1 N–H and O–H groups in total. The molecule has 0 saturated carbocycles. The van der Waals surface area contributed by atoms with E-state index in [9.17, 15) is 13.9 Å². The number of halogens is 2. The Labute approximate surface area is 208 Å². The first-order chi connectivity index (χ1) is 17.1. The largest absolute Gasteiger partial charge is 0.497 e. The summed E-state index contributed by atoms with van der Waals surface area (Å²) in [5.74, 6) is -2.34. The maximum Gasteiger partial charge on any atom is 0.272 e. The van der Waals surface area contributed by atoms with Gasteiger partial charge in [-0.15, -0.1) is 0 Å². The van der Waals surface area contributed by atoms with Gasteiger partial charge in [0.1, 0.15) is 17.6 Å². The summed E-state index contributed by atoms with van der Waals surface area (Å²) in [6.45, 7) is 4.38. The molecule has 0 fully saturated rings. The minimum absolute atomic E-state index is 0.204. The Morgan fingerprint density at radius 2 is 1.69 bits per heavy atom. The Balaban J connectivity index is 1.80. The molecule has 10 heteroatoms. The van der Waals surface area contributed by atoms with Crippen LogP contribution in [-0.4, -0.2) is 57.6 Å². The molecule has 2 heterocycles. The van der Waals surface area contributed by atoms with Gasteiger partial charge in [0.2, 0.25) is 0 Å². The first kappa shape index (κ1) is 25.3. The van der Waals surface area contributed by atoms with E-state index < -0.39 is 12.0 Å². The number of aliphatic hydroxyl groups excluding tert-OH is 1. The lowest BCUT2D eigenvalue weighted by atomic mass is 10.1. The summed E-state index contributed by atoms with van der Waals surface area (Å²) in [6.07, 6.45) is 3.38. The third-order valence-electron chi connectivity index (χ3n) is 5.85. The van der Waals surface area contributed by atoms with Crippen molar-refractivity contribution in [3.05, 3.63) is 55.0 Å². The van der Waals surface area contributed by atoms with Gasteiger partial charge in [-0.3, -0.25) is 9.67 Å². The van der Waals surface area contributed by atoms with Crippen LogP contribution in [0.5, 0.6) is 11.5 Å². The fourth-order valence-electron chi connectivity index (χ4n) is 3.70. The standard InChI is InChI=1S/C26H29F2N5O3/c1-16(2)33-14-17(12-30-33)24-13-29-22-7-6-18(10-23(22)31-24)32(15-25(34)26(3,27)28)19-8-20(35-4)11-21(9-19)36-5/h6-14,16,25,34H,15H2,1-5H3. The second kappa shape index (κ2) is 10.1. The van der Waals surface area contributed by atoms with Crippen LogP contribution in [0, 0.1) is 0 Å². The molecule has 1 unspecified atom stereocenters. The molecule has 4 rings (SSSR count). The maximum atomic E-state index is 14.0. The van der Waals surface area contributed by atoms with Gasteiger partial charge in [-0.2, -0.15) is 5.10 Å². The lowest BCUT2D eigenvalue weighted by Gasteiger charge is -2.30. The van der Waals surface area contributed by atoms with Gasteiger partial charge in [0.05, 0.1) is 49.9 Å². The molecule has 1 atom stereocenters. The minimum Gasteiger partial charge on any atom is -0.497 e. The van der Waals surface area contributed by atoms with E-state index in [2.05, 4.69) is 10.1 Å². The van der Waals surface area contributed by atoms with E-state index in [0.717, 1.165) is 5.56 Å². The molecule has 0 saturated heterocycles. The van der Waals surface area contributed by atoms with E-state index in [1.54, 1.807) is 53.7 Å². The number of fused-ring (bicyclic) bond motifs is 1. The number of alkyl halides is 2. The predicted molar refractivity (Wildman–Crippen MR) is 134 cm³/mol. The van der Waals surface area contributed by atoms with Crippen molar-refractivity contribution < 1.29 is 23.4 Å². The number of aromatic nitrogens is 4. The number of hydrogen-bond donors (Lipinski definition) is 1. The van der Waals surface area contributed by atoms with Crippen molar-refractivity contribution in [3.63, 3.8) is 0 Å². The summed E-state index contributed by atoms with van der Waals surface area (Å²) in [4.78, 5) is 10.8. The third-order valence-corrected chi connectivity index (χ3v) is 5.85. The number of anilines is 2. The summed E-state index contributed by atoms with van der Waals surface area (Å²) in [7, 11) is 3.01. The number of ether oxygens (including phenoxy) is 2. The maximum absolute atomic E-state index is 14.0. The Morgan fingerprint density at radius 1 is 1.00 bits per heavy atom. The third kappa shape index (κ3) is 5.38. The first-order valence-electron chi connectivity index (χ1n) is 11.5. The van der Waals surface area contributed by atoms with Gasteiger partial charge in [0.25, 0.3) is 5.92 Å². The van der Waals surface area contributed by atoms with Crippen LogP contribution >= 0.6 is 0 Å². The molecule has 0 aliphatic carbocycles. The summed E-state index contributed by atoms with van der Waals surface area (Å²) in [6, 6.07) is 10.5. The van der Waals surface area contributed by atoms with E-state index >= 15 is 0 Å². The van der Waals surface area contributed by atoms with Gasteiger partial charge < -0.3 is 19.5 Å². The van der Waals surface area contributed by atoms with Gasteiger partial charge in [-0.25, -0.2) is 13.8 Å². The fourth-order valence-corrected chi connectivity index (χ4v) is 3.70. The number of benzene rings is 2. The van der Waals surface area contributed by atoms with Crippen LogP contribution in [0.4, 0.5) is 20.2 Å². The highest BCUT2D eigenvalue weighted by atomic mass is 19.3. The van der Waals surface area contributed by atoms with Crippen molar-refractivity contribution in [1.82, 2.24) is 19.7 Å². The Hall–Kier alpha value is -3.79. The van der Waals surface area contributed by atoms with E-state index in [1.165, 1.54) is 14.2 Å². The number of aliphatic hydroxyl groups is 1. The SMILES string of the molecule is COc1cc(OC)cc(N(CC(O)C(C)(F)F)c2ccc3ncc(-c4cnn(C(C)C)c4)nc3c2)c1. The minimum atomic E-state index is -3.30. The molecule has 36 heavy (non-hydrogen) atoms. The van der Waals surface area contributed by atoms with Crippen LogP contribution in [0.1, 0.15) is 26.8 Å². The highest BCUT2D eigenvalue weighted by molar-refractivity contribution is 5.82. The number of methoxy groups -OCH3 is 2. The van der Waals surface area contributed by atoms with Crippen molar-refractivity contribution in [2.75, 3.05) is 25.7 Å². The summed E-state index contributed by atoms with van der Waals surface area (Å²) in [5.41, 5.74) is 3.73. The molecule has 0 bridgehead atoms. The molecular formula is C26H29F2N5O3. The van der Waals surface area contributed by atoms with Crippen molar-refractivity contribution in [2.24, 2.45) is 0 Å². The summed E-state index contributed by atoms with van der Waals surface area (Å²) >= 11 is 0. The van der Waals surface area contributed by atoms with Gasteiger partial charge in [0.15, 0.2) is 0 Å². The predicted octanol–water partition coefficient (Wildman–Crippen LogP) is 5.25. The molecule has 0 spiro atoms. The molecule has 0 aliphatic heterocycles. The Morgan fingerprint density at radius 3 is 2.28 bits per heavy atom. The number of nitrogens with zero attached hydrogens (tertiary/aromatic N) is 5. The van der Waals surface area contributed by atoms with Crippen LogP contribution in [0.15, 0.2) is 55.0 Å². The summed E-state index contributed by atoms with van der Waals surface area (Å²) < 4.78 is 40.5. The van der Waals surface area contributed by atoms with Crippen molar-refractivity contribution in [3.8, 4) is 22.8 Å². The van der Waals surface area contributed by atoms with E-state index in [-0.39, 0.29) is 12.6 Å². The van der Waals surface area contributed by atoms with Gasteiger partial charge >= 0.3 is 0 Å².